The Morgan fingerprint density at radius 3 is 1.87 bits per heavy atom. The van der Waals surface area contributed by atoms with Crippen LogP contribution < -0.4 is 0 Å². The van der Waals surface area contributed by atoms with E-state index in [0.717, 1.165) is 6.42 Å². The SMILES string of the molecule is [CH]=CCCCCCCCCCC=CC=C. The van der Waals surface area contributed by atoms with E-state index in [4.69, 9.17) is 6.58 Å². The van der Waals surface area contributed by atoms with Gasteiger partial charge in [-0.25, -0.2) is 0 Å². The molecule has 0 nitrogen and oxygen atoms in total. The molecular formula is C15H25. The van der Waals surface area contributed by atoms with E-state index in [1.807, 2.05) is 12.2 Å². The fourth-order valence-electron chi connectivity index (χ4n) is 1.60. The Balaban J connectivity index is 2.95. The maximum Gasteiger partial charge on any atom is -0.0348 e. The van der Waals surface area contributed by atoms with Gasteiger partial charge in [-0.05, 0) is 25.7 Å². The van der Waals surface area contributed by atoms with Crippen LogP contribution in [-0.2, 0) is 0 Å². The van der Waals surface area contributed by atoms with E-state index in [0.29, 0.717) is 0 Å². The van der Waals surface area contributed by atoms with Crippen LogP contribution >= 0.6 is 0 Å². The number of unbranched alkanes of at least 4 members (excludes halogenated alkanes) is 8. The molecule has 0 bridgehead atoms. The fraction of sp³-hybridized carbons (Fsp3) is 0.600. The van der Waals surface area contributed by atoms with E-state index < -0.39 is 0 Å². The molecule has 1 radical (unpaired) electrons. The molecule has 0 heteroatoms. The van der Waals surface area contributed by atoms with Crippen molar-refractivity contribution in [2.24, 2.45) is 0 Å². The quantitative estimate of drug-likeness (QED) is 0.320. The van der Waals surface area contributed by atoms with Crippen molar-refractivity contribution in [1.29, 1.82) is 0 Å². The van der Waals surface area contributed by atoms with Gasteiger partial charge >= 0.3 is 0 Å². The van der Waals surface area contributed by atoms with Crippen molar-refractivity contribution in [1.82, 2.24) is 0 Å². The van der Waals surface area contributed by atoms with Crippen molar-refractivity contribution in [3.8, 4) is 0 Å². The molecule has 0 aliphatic carbocycles. The van der Waals surface area contributed by atoms with Crippen molar-refractivity contribution in [3.05, 3.63) is 37.5 Å². The Morgan fingerprint density at radius 1 is 0.800 bits per heavy atom. The van der Waals surface area contributed by atoms with Crippen LogP contribution in [-0.4, -0.2) is 0 Å². The second kappa shape index (κ2) is 13.2. The topological polar surface area (TPSA) is 0 Å². The molecule has 0 N–H and O–H groups in total. The van der Waals surface area contributed by atoms with Crippen LogP contribution in [0.5, 0.6) is 0 Å². The number of rotatable bonds is 11. The molecule has 0 saturated heterocycles. The summed E-state index contributed by atoms with van der Waals surface area (Å²) in [6.45, 7) is 8.96. The van der Waals surface area contributed by atoms with E-state index in [1.54, 1.807) is 6.08 Å². The zero-order chi connectivity index (χ0) is 11.2. The van der Waals surface area contributed by atoms with Crippen LogP contribution in [0.15, 0.2) is 30.9 Å². The van der Waals surface area contributed by atoms with Gasteiger partial charge in [-0.1, -0.05) is 69.6 Å². The van der Waals surface area contributed by atoms with Crippen LogP contribution in [0.1, 0.15) is 57.8 Å². The smallest absolute Gasteiger partial charge is 0.0348 e. The van der Waals surface area contributed by atoms with Crippen LogP contribution in [0, 0.1) is 6.58 Å². The Morgan fingerprint density at radius 2 is 1.33 bits per heavy atom. The number of hydrogen-bond donors (Lipinski definition) is 0. The molecule has 0 aliphatic heterocycles. The molecular weight excluding hydrogens is 180 g/mol. The minimum Gasteiger partial charge on any atom is -0.0991 e. The Bertz CT molecular complexity index is 165. The normalized spacial score (nSPS) is 10.7. The Labute approximate surface area is 95.8 Å². The highest BCUT2D eigenvalue weighted by atomic mass is 14.0. The standard InChI is InChI=1S/C15H25/c1-3-5-7-9-11-13-15-14-12-10-8-6-4-2/h1,3-4,6,8H,2,5,7,9-15H2. The summed E-state index contributed by atoms with van der Waals surface area (Å²) in [6.07, 6.45) is 19.5. The molecule has 0 aliphatic rings. The maximum atomic E-state index is 5.31. The third-order valence-corrected chi connectivity index (χ3v) is 2.51. The highest BCUT2D eigenvalue weighted by molar-refractivity contribution is 4.96. The first-order chi connectivity index (χ1) is 7.41. The summed E-state index contributed by atoms with van der Waals surface area (Å²) in [6, 6.07) is 0. The molecule has 0 fully saturated rings. The molecule has 85 valence electrons. The van der Waals surface area contributed by atoms with Gasteiger partial charge in [-0.15, -0.1) is 0 Å². The van der Waals surface area contributed by atoms with Gasteiger partial charge in [0, 0.05) is 0 Å². The zero-order valence-electron chi connectivity index (χ0n) is 9.96. The highest BCUT2D eigenvalue weighted by Gasteiger charge is 1.90. The third kappa shape index (κ3) is 13.2. The second-order valence-electron chi connectivity index (χ2n) is 3.95. The summed E-state index contributed by atoms with van der Waals surface area (Å²) in [4.78, 5) is 0. The van der Waals surface area contributed by atoms with Crippen molar-refractivity contribution in [2.75, 3.05) is 0 Å². The van der Waals surface area contributed by atoms with Crippen LogP contribution in [0.3, 0.4) is 0 Å². The summed E-state index contributed by atoms with van der Waals surface area (Å²) < 4.78 is 0. The van der Waals surface area contributed by atoms with Crippen LogP contribution in [0.25, 0.3) is 0 Å². The van der Waals surface area contributed by atoms with E-state index in [9.17, 15) is 0 Å². The predicted octanol–water partition coefficient (Wildman–Crippen LogP) is 5.23. The molecule has 15 heavy (non-hydrogen) atoms. The van der Waals surface area contributed by atoms with Gasteiger partial charge < -0.3 is 0 Å². The lowest BCUT2D eigenvalue weighted by atomic mass is 10.1. The molecule has 0 aromatic carbocycles. The zero-order valence-corrected chi connectivity index (χ0v) is 9.96. The predicted molar refractivity (Wildman–Crippen MR) is 69.8 cm³/mol. The van der Waals surface area contributed by atoms with Crippen molar-refractivity contribution < 1.29 is 0 Å². The molecule has 0 aromatic heterocycles. The van der Waals surface area contributed by atoms with E-state index >= 15 is 0 Å². The van der Waals surface area contributed by atoms with Gasteiger partial charge in [-0.2, -0.15) is 0 Å². The highest BCUT2D eigenvalue weighted by Crippen LogP contribution is 2.09. The summed E-state index contributed by atoms with van der Waals surface area (Å²) in [5, 5.41) is 0. The van der Waals surface area contributed by atoms with Crippen molar-refractivity contribution in [3.63, 3.8) is 0 Å². The second-order valence-corrected chi connectivity index (χ2v) is 3.95. The first kappa shape index (κ1) is 14.2. The molecule has 0 unspecified atom stereocenters. The average Bonchev–Trinajstić information content (AvgIpc) is 2.26. The maximum absolute atomic E-state index is 5.31. The van der Waals surface area contributed by atoms with E-state index in [1.165, 1.54) is 51.4 Å². The van der Waals surface area contributed by atoms with Gasteiger partial charge in [0.1, 0.15) is 0 Å². The largest absolute Gasteiger partial charge is 0.0991 e. The first-order valence-electron chi connectivity index (χ1n) is 6.22. The first-order valence-corrected chi connectivity index (χ1v) is 6.22. The van der Waals surface area contributed by atoms with E-state index in [2.05, 4.69) is 12.7 Å². The van der Waals surface area contributed by atoms with Crippen molar-refractivity contribution >= 4 is 0 Å². The average molecular weight is 205 g/mol. The third-order valence-electron chi connectivity index (χ3n) is 2.51. The molecule has 0 spiro atoms. The van der Waals surface area contributed by atoms with Gasteiger partial charge in [-0.3, -0.25) is 0 Å². The monoisotopic (exact) mass is 205 g/mol. The fourth-order valence-corrected chi connectivity index (χ4v) is 1.60. The lowest BCUT2D eigenvalue weighted by Gasteiger charge is -1.99. The van der Waals surface area contributed by atoms with Gasteiger partial charge in [0.15, 0.2) is 0 Å². The number of allylic oxidation sites excluding steroid dienone is 4. The minimum absolute atomic E-state index is 1.08. The molecule has 0 aromatic rings. The minimum atomic E-state index is 1.08. The van der Waals surface area contributed by atoms with Crippen molar-refractivity contribution in [2.45, 2.75) is 57.8 Å². The molecule has 0 amide bonds. The van der Waals surface area contributed by atoms with E-state index in [-0.39, 0.29) is 0 Å². The lowest BCUT2D eigenvalue weighted by Crippen LogP contribution is -1.80. The molecule has 0 rings (SSSR count). The molecule has 0 saturated carbocycles. The lowest BCUT2D eigenvalue weighted by molar-refractivity contribution is 0.583. The Hall–Kier alpha value is -0.780. The van der Waals surface area contributed by atoms with Gasteiger partial charge in [0.25, 0.3) is 0 Å². The summed E-state index contributed by atoms with van der Waals surface area (Å²) in [5.41, 5.74) is 0. The molecule has 0 atom stereocenters. The van der Waals surface area contributed by atoms with Crippen LogP contribution in [0.2, 0.25) is 0 Å². The summed E-state index contributed by atoms with van der Waals surface area (Å²) in [5.74, 6) is 0. The number of hydrogen-bond acceptors (Lipinski definition) is 0. The van der Waals surface area contributed by atoms with Gasteiger partial charge in [0.2, 0.25) is 0 Å². The summed E-state index contributed by atoms with van der Waals surface area (Å²) in [7, 11) is 0. The molecule has 0 heterocycles. The van der Waals surface area contributed by atoms with Gasteiger partial charge in [0.05, 0.1) is 0 Å². The summed E-state index contributed by atoms with van der Waals surface area (Å²) >= 11 is 0. The van der Waals surface area contributed by atoms with Crippen LogP contribution in [0.4, 0.5) is 0 Å². The Kier molecular flexibility index (Phi) is 12.5.